The number of nitrogens with zero attached hydrogens (tertiary/aromatic N) is 1. The molecule has 0 aliphatic heterocycles. The summed E-state index contributed by atoms with van der Waals surface area (Å²) in [4.78, 5) is 1.60. The number of aryl methyl sites for hydroxylation is 1. The third kappa shape index (κ3) is 4.84. The Labute approximate surface area is 147 Å². The van der Waals surface area contributed by atoms with E-state index in [2.05, 4.69) is 11.6 Å². The van der Waals surface area contributed by atoms with Crippen molar-refractivity contribution in [3.63, 3.8) is 0 Å². The van der Waals surface area contributed by atoms with Crippen molar-refractivity contribution in [3.05, 3.63) is 65.2 Å². The average molecular weight is 368 g/mol. The Hall–Kier alpha value is -1.83. The van der Waals surface area contributed by atoms with Crippen LogP contribution in [0.15, 0.2) is 47.4 Å². The van der Waals surface area contributed by atoms with E-state index in [0.29, 0.717) is 6.07 Å². The van der Waals surface area contributed by atoms with Gasteiger partial charge in [-0.25, -0.2) is 21.9 Å². The number of hydrogen-bond acceptors (Lipinski definition) is 3. The van der Waals surface area contributed by atoms with Gasteiger partial charge in [0.1, 0.15) is 0 Å². The number of halogens is 2. The minimum atomic E-state index is -3.93. The third-order valence-electron chi connectivity index (χ3n) is 4.06. The Bertz CT molecular complexity index is 821. The Morgan fingerprint density at radius 2 is 1.68 bits per heavy atom. The summed E-state index contributed by atoms with van der Waals surface area (Å²) in [6, 6.07) is 10.3. The van der Waals surface area contributed by atoms with Crippen LogP contribution in [-0.2, 0) is 16.4 Å². The highest BCUT2D eigenvalue weighted by atomic mass is 32.2. The van der Waals surface area contributed by atoms with Gasteiger partial charge in [0.2, 0.25) is 10.0 Å². The van der Waals surface area contributed by atoms with Gasteiger partial charge < -0.3 is 4.90 Å². The van der Waals surface area contributed by atoms with Crippen molar-refractivity contribution in [1.82, 2.24) is 9.62 Å². The number of sulfonamides is 1. The molecule has 1 N–H and O–H groups in total. The molecule has 2 rings (SSSR count). The first-order chi connectivity index (χ1) is 11.7. The third-order valence-corrected chi connectivity index (χ3v) is 5.49. The number of benzene rings is 2. The highest BCUT2D eigenvalue weighted by molar-refractivity contribution is 7.89. The van der Waals surface area contributed by atoms with Gasteiger partial charge >= 0.3 is 0 Å². The van der Waals surface area contributed by atoms with Crippen molar-refractivity contribution in [2.45, 2.75) is 24.3 Å². The van der Waals surface area contributed by atoms with E-state index in [-0.39, 0.29) is 17.5 Å². The van der Waals surface area contributed by atoms with Crippen LogP contribution >= 0.6 is 0 Å². The van der Waals surface area contributed by atoms with Gasteiger partial charge in [-0.1, -0.05) is 31.2 Å². The summed E-state index contributed by atoms with van der Waals surface area (Å²) in [5, 5.41) is 0. The van der Waals surface area contributed by atoms with Crippen molar-refractivity contribution in [2.75, 3.05) is 20.6 Å². The molecular formula is C18H22F2N2O2S. The number of nitrogens with one attached hydrogen (secondary N) is 1. The molecule has 0 aliphatic carbocycles. The quantitative estimate of drug-likeness (QED) is 0.817. The van der Waals surface area contributed by atoms with Crippen LogP contribution in [0.2, 0.25) is 0 Å². The Kier molecular flexibility index (Phi) is 6.26. The summed E-state index contributed by atoms with van der Waals surface area (Å²) in [6.07, 6.45) is 0.926. The monoisotopic (exact) mass is 368 g/mol. The van der Waals surface area contributed by atoms with Gasteiger partial charge in [-0.05, 0) is 49.8 Å². The molecule has 2 aromatic carbocycles. The van der Waals surface area contributed by atoms with E-state index >= 15 is 0 Å². The van der Waals surface area contributed by atoms with Crippen LogP contribution in [0, 0.1) is 11.6 Å². The minimum absolute atomic E-state index is 0.111. The molecule has 0 bridgehead atoms. The van der Waals surface area contributed by atoms with E-state index < -0.39 is 21.7 Å². The summed E-state index contributed by atoms with van der Waals surface area (Å²) in [5.41, 5.74) is 2.17. The molecule has 2 aromatic rings. The van der Waals surface area contributed by atoms with Gasteiger partial charge in [0.15, 0.2) is 11.6 Å². The fourth-order valence-corrected chi connectivity index (χ4v) is 3.54. The number of hydrogen-bond donors (Lipinski definition) is 1. The second kappa shape index (κ2) is 8.03. The lowest BCUT2D eigenvalue weighted by atomic mass is 10.0. The number of rotatable bonds is 7. The summed E-state index contributed by atoms with van der Waals surface area (Å²) in [5.74, 6) is -2.27. The molecule has 0 amide bonds. The van der Waals surface area contributed by atoms with Crippen LogP contribution in [0.1, 0.15) is 24.1 Å². The molecule has 7 heteroatoms. The summed E-state index contributed by atoms with van der Waals surface area (Å²) < 4.78 is 53.4. The van der Waals surface area contributed by atoms with Crippen LogP contribution < -0.4 is 4.72 Å². The lowest BCUT2D eigenvalue weighted by Gasteiger charge is -2.25. The SMILES string of the molecule is CCc1ccc(C(CNS(=O)(=O)c2ccc(F)c(F)c2)N(C)C)cc1. The molecule has 0 heterocycles. The largest absolute Gasteiger partial charge is 0.301 e. The normalized spacial score (nSPS) is 13.2. The van der Waals surface area contributed by atoms with Crippen molar-refractivity contribution in [2.24, 2.45) is 0 Å². The van der Waals surface area contributed by atoms with Gasteiger partial charge in [-0.15, -0.1) is 0 Å². The first-order valence-electron chi connectivity index (χ1n) is 7.94. The standard InChI is InChI=1S/C18H22F2N2O2S/c1-4-13-5-7-14(8-6-13)18(22(2)3)12-21-25(23,24)15-9-10-16(19)17(20)11-15/h5-11,18,21H,4,12H2,1-3H3. The molecule has 1 atom stereocenters. The molecular weight excluding hydrogens is 346 g/mol. The zero-order chi connectivity index (χ0) is 18.6. The van der Waals surface area contributed by atoms with Crippen molar-refractivity contribution in [1.29, 1.82) is 0 Å². The topological polar surface area (TPSA) is 49.4 Å². The van der Waals surface area contributed by atoms with E-state index in [0.717, 1.165) is 24.1 Å². The van der Waals surface area contributed by atoms with Crippen molar-refractivity contribution < 1.29 is 17.2 Å². The summed E-state index contributed by atoms with van der Waals surface area (Å²) in [7, 11) is -0.229. The fraction of sp³-hybridized carbons (Fsp3) is 0.333. The maximum Gasteiger partial charge on any atom is 0.240 e. The Balaban J connectivity index is 2.18. The minimum Gasteiger partial charge on any atom is -0.301 e. The molecule has 1 unspecified atom stereocenters. The highest BCUT2D eigenvalue weighted by Crippen LogP contribution is 2.20. The first kappa shape index (κ1) is 19.5. The van der Waals surface area contributed by atoms with Gasteiger partial charge in [0.05, 0.1) is 4.90 Å². The molecule has 0 radical (unpaired) electrons. The molecule has 0 spiro atoms. The zero-order valence-corrected chi connectivity index (χ0v) is 15.3. The molecule has 0 saturated heterocycles. The lowest BCUT2D eigenvalue weighted by Crippen LogP contribution is -2.34. The van der Waals surface area contributed by atoms with E-state index in [9.17, 15) is 17.2 Å². The van der Waals surface area contributed by atoms with Gasteiger partial charge in [0.25, 0.3) is 0 Å². The Morgan fingerprint density at radius 3 is 2.20 bits per heavy atom. The zero-order valence-electron chi connectivity index (χ0n) is 14.5. The van der Waals surface area contributed by atoms with Crippen LogP contribution in [0.25, 0.3) is 0 Å². The average Bonchev–Trinajstić information content (AvgIpc) is 2.57. The predicted octanol–water partition coefficient (Wildman–Crippen LogP) is 3.11. The van der Waals surface area contributed by atoms with E-state index in [1.54, 1.807) is 0 Å². The molecule has 4 nitrogen and oxygen atoms in total. The van der Waals surface area contributed by atoms with Crippen LogP contribution in [0.4, 0.5) is 8.78 Å². The van der Waals surface area contributed by atoms with Crippen molar-refractivity contribution in [3.8, 4) is 0 Å². The highest BCUT2D eigenvalue weighted by Gasteiger charge is 2.20. The van der Waals surface area contributed by atoms with E-state index in [4.69, 9.17) is 0 Å². The molecule has 25 heavy (non-hydrogen) atoms. The second-order valence-electron chi connectivity index (χ2n) is 6.00. The molecule has 136 valence electrons. The Morgan fingerprint density at radius 1 is 1.04 bits per heavy atom. The van der Waals surface area contributed by atoms with Gasteiger partial charge in [0, 0.05) is 12.6 Å². The molecule has 0 aromatic heterocycles. The molecule has 0 aliphatic rings. The van der Waals surface area contributed by atoms with Gasteiger partial charge in [-0.3, -0.25) is 0 Å². The van der Waals surface area contributed by atoms with Crippen LogP contribution in [-0.4, -0.2) is 34.0 Å². The van der Waals surface area contributed by atoms with Crippen LogP contribution in [0.3, 0.4) is 0 Å². The summed E-state index contributed by atoms with van der Waals surface area (Å²) >= 11 is 0. The molecule has 0 fully saturated rings. The predicted molar refractivity (Wildman–Crippen MR) is 93.8 cm³/mol. The first-order valence-corrected chi connectivity index (χ1v) is 9.43. The van der Waals surface area contributed by atoms with Gasteiger partial charge in [-0.2, -0.15) is 0 Å². The van der Waals surface area contributed by atoms with E-state index in [1.807, 2.05) is 43.3 Å². The fourth-order valence-electron chi connectivity index (χ4n) is 2.49. The lowest BCUT2D eigenvalue weighted by molar-refractivity contribution is 0.299. The van der Waals surface area contributed by atoms with E-state index in [1.165, 1.54) is 5.56 Å². The number of likely N-dealkylation sites (N-methyl/N-ethyl adjacent to an activating group) is 1. The summed E-state index contributed by atoms with van der Waals surface area (Å²) in [6.45, 7) is 2.17. The second-order valence-corrected chi connectivity index (χ2v) is 7.77. The van der Waals surface area contributed by atoms with Crippen molar-refractivity contribution >= 4 is 10.0 Å². The van der Waals surface area contributed by atoms with Crippen LogP contribution in [0.5, 0.6) is 0 Å². The maximum atomic E-state index is 13.3. The molecule has 0 saturated carbocycles. The maximum absolute atomic E-state index is 13.3. The smallest absolute Gasteiger partial charge is 0.240 e.